The lowest BCUT2D eigenvalue weighted by atomic mass is 9.98. The van der Waals surface area contributed by atoms with Gasteiger partial charge in [0, 0.05) is 74.5 Å². The highest BCUT2D eigenvalue weighted by atomic mass is 16.3. The van der Waals surface area contributed by atoms with Gasteiger partial charge in [0.1, 0.15) is 0 Å². The second kappa shape index (κ2) is 7.54. The monoisotopic (exact) mass is 394 g/mol. The molecule has 3 aliphatic rings. The van der Waals surface area contributed by atoms with E-state index in [9.17, 15) is 5.11 Å². The van der Waals surface area contributed by atoms with Crippen molar-refractivity contribution in [2.75, 3.05) is 24.6 Å². The van der Waals surface area contributed by atoms with Gasteiger partial charge in [-0.3, -0.25) is 4.90 Å². The second-order valence-electron chi connectivity index (χ2n) is 8.73. The van der Waals surface area contributed by atoms with Crippen molar-refractivity contribution in [1.29, 1.82) is 0 Å². The summed E-state index contributed by atoms with van der Waals surface area (Å²) in [4.78, 5) is 14.6. The van der Waals surface area contributed by atoms with Gasteiger partial charge in [-0.1, -0.05) is 6.58 Å². The van der Waals surface area contributed by atoms with Crippen LogP contribution in [0.1, 0.15) is 54.2 Å². The van der Waals surface area contributed by atoms with Crippen LogP contribution in [0, 0.1) is 12.8 Å². The molecule has 7 heteroatoms. The molecule has 29 heavy (non-hydrogen) atoms. The molecule has 0 saturated carbocycles. The number of aryl methyl sites for hydroxylation is 1. The van der Waals surface area contributed by atoms with Gasteiger partial charge in [-0.15, -0.1) is 0 Å². The zero-order chi connectivity index (χ0) is 20.0. The molecule has 0 spiro atoms. The van der Waals surface area contributed by atoms with Crippen molar-refractivity contribution in [3.63, 3.8) is 0 Å². The predicted molar refractivity (Wildman–Crippen MR) is 112 cm³/mol. The Balaban J connectivity index is 1.37. The molecule has 2 aromatic rings. The van der Waals surface area contributed by atoms with Gasteiger partial charge in [0.2, 0.25) is 5.95 Å². The maximum atomic E-state index is 9.53. The first-order valence-electron chi connectivity index (χ1n) is 10.8. The Labute approximate surface area is 172 Å². The first kappa shape index (κ1) is 18.8. The highest BCUT2D eigenvalue weighted by molar-refractivity contribution is 5.38. The van der Waals surface area contributed by atoms with Gasteiger partial charge in [0.15, 0.2) is 0 Å². The first-order valence-corrected chi connectivity index (χ1v) is 10.8. The first-order chi connectivity index (χ1) is 14.2. The van der Waals surface area contributed by atoms with Gasteiger partial charge in [0.05, 0.1) is 11.4 Å². The molecule has 0 radical (unpaired) electrons. The summed E-state index contributed by atoms with van der Waals surface area (Å²) < 4.78 is 1.80. The van der Waals surface area contributed by atoms with Gasteiger partial charge >= 0.3 is 0 Å². The number of hydrogen-bond donors (Lipinski definition) is 1. The molecule has 2 aromatic heterocycles. The van der Waals surface area contributed by atoms with E-state index < -0.39 is 0 Å². The molecule has 1 N–H and O–H groups in total. The molecular weight excluding hydrogens is 364 g/mol. The van der Waals surface area contributed by atoms with Crippen LogP contribution in [0.25, 0.3) is 6.20 Å². The Morgan fingerprint density at radius 3 is 3.00 bits per heavy atom. The fourth-order valence-electron chi connectivity index (χ4n) is 5.32. The molecule has 0 aliphatic carbocycles. The summed E-state index contributed by atoms with van der Waals surface area (Å²) in [7, 11) is 0. The normalized spacial score (nSPS) is 26.6. The summed E-state index contributed by atoms with van der Waals surface area (Å²) in [5.41, 5.74) is 4.87. The average Bonchev–Trinajstić information content (AvgIpc) is 3.25. The molecule has 3 aliphatic heterocycles. The van der Waals surface area contributed by atoms with Crippen LogP contribution in [0.15, 0.2) is 19.0 Å². The van der Waals surface area contributed by atoms with E-state index in [1.807, 2.05) is 0 Å². The summed E-state index contributed by atoms with van der Waals surface area (Å²) in [6, 6.07) is 0.934. The van der Waals surface area contributed by atoms with Crippen molar-refractivity contribution >= 4 is 12.1 Å². The highest BCUT2D eigenvalue weighted by Crippen LogP contribution is 2.44. The zero-order valence-corrected chi connectivity index (χ0v) is 17.2. The number of aromatic nitrogens is 4. The lowest BCUT2D eigenvalue weighted by Crippen LogP contribution is -2.40. The van der Waals surface area contributed by atoms with Crippen molar-refractivity contribution in [1.82, 2.24) is 24.6 Å². The molecule has 2 saturated heterocycles. The molecule has 5 heterocycles. The molecule has 0 unspecified atom stereocenters. The second-order valence-corrected chi connectivity index (χ2v) is 8.73. The summed E-state index contributed by atoms with van der Waals surface area (Å²) in [6.07, 6.45) is 11.5. The van der Waals surface area contributed by atoms with E-state index in [1.165, 1.54) is 29.7 Å². The van der Waals surface area contributed by atoms with Crippen LogP contribution in [-0.2, 0) is 13.0 Å². The van der Waals surface area contributed by atoms with Crippen molar-refractivity contribution in [2.45, 2.75) is 57.7 Å². The maximum absolute atomic E-state index is 9.53. The van der Waals surface area contributed by atoms with Crippen LogP contribution in [0.3, 0.4) is 0 Å². The Kier molecular flexibility index (Phi) is 4.87. The lowest BCUT2D eigenvalue weighted by Gasteiger charge is -2.37. The number of nitrogens with zero attached hydrogens (tertiary/aromatic N) is 6. The number of rotatable bonds is 5. The fraction of sp³-hybridized carbons (Fsp3) is 0.591. The number of aliphatic hydroxyl groups excluding tert-OH is 1. The van der Waals surface area contributed by atoms with Gasteiger partial charge in [-0.25, -0.2) is 14.6 Å². The van der Waals surface area contributed by atoms with Crippen LogP contribution in [-0.4, -0.2) is 55.5 Å². The minimum atomic E-state index is 0.252. The molecule has 0 aromatic carbocycles. The van der Waals surface area contributed by atoms with Gasteiger partial charge in [-0.2, -0.15) is 5.10 Å². The number of piperidine rings is 1. The van der Waals surface area contributed by atoms with Gasteiger partial charge < -0.3 is 10.0 Å². The van der Waals surface area contributed by atoms with E-state index in [1.54, 1.807) is 10.9 Å². The largest absolute Gasteiger partial charge is 0.396 e. The fourth-order valence-corrected chi connectivity index (χ4v) is 5.32. The summed E-state index contributed by atoms with van der Waals surface area (Å²) >= 11 is 0. The third-order valence-corrected chi connectivity index (χ3v) is 6.94. The molecule has 5 rings (SSSR count). The summed E-state index contributed by atoms with van der Waals surface area (Å²) in [5, 5.41) is 14.0. The number of anilines is 1. The van der Waals surface area contributed by atoms with Crippen LogP contribution in [0.2, 0.25) is 0 Å². The number of hydrogen-bond acceptors (Lipinski definition) is 6. The van der Waals surface area contributed by atoms with Crippen LogP contribution < -0.4 is 4.90 Å². The van der Waals surface area contributed by atoms with E-state index in [2.05, 4.69) is 40.8 Å². The number of fused-ring (bicyclic) bond motifs is 4. The maximum Gasteiger partial charge on any atom is 0.225 e. The summed E-state index contributed by atoms with van der Waals surface area (Å²) in [5.74, 6) is 1.19. The van der Waals surface area contributed by atoms with E-state index in [4.69, 9.17) is 9.97 Å². The number of aliphatic hydroxyl groups is 1. The van der Waals surface area contributed by atoms with Crippen LogP contribution in [0.4, 0.5) is 5.95 Å². The van der Waals surface area contributed by atoms with E-state index in [0.717, 1.165) is 50.5 Å². The Hall–Kier alpha value is -2.25. The summed E-state index contributed by atoms with van der Waals surface area (Å²) in [6.45, 7) is 8.90. The third-order valence-electron chi connectivity index (χ3n) is 6.94. The molecular formula is C22H30N6O. The Morgan fingerprint density at radius 2 is 2.21 bits per heavy atom. The SMILES string of the molecule is C=Cn1cc(CN2[C@H]3CC[C@H]2c2cnc(N4CCC[C@H](CO)C4)nc2C3)c(C)n1. The van der Waals surface area contributed by atoms with Gasteiger partial charge in [0.25, 0.3) is 0 Å². The third kappa shape index (κ3) is 3.36. The Morgan fingerprint density at radius 1 is 1.31 bits per heavy atom. The van der Waals surface area contributed by atoms with Crippen molar-refractivity contribution < 1.29 is 5.11 Å². The minimum absolute atomic E-state index is 0.252. The van der Waals surface area contributed by atoms with Crippen LogP contribution in [0.5, 0.6) is 0 Å². The molecule has 2 fully saturated rings. The highest BCUT2D eigenvalue weighted by Gasteiger charge is 2.41. The van der Waals surface area contributed by atoms with E-state index in [-0.39, 0.29) is 6.61 Å². The smallest absolute Gasteiger partial charge is 0.225 e. The average molecular weight is 395 g/mol. The Bertz CT molecular complexity index is 909. The molecule has 3 atom stereocenters. The van der Waals surface area contributed by atoms with Crippen molar-refractivity contribution in [3.8, 4) is 0 Å². The predicted octanol–water partition coefficient (Wildman–Crippen LogP) is 2.55. The van der Waals surface area contributed by atoms with Crippen LogP contribution >= 0.6 is 0 Å². The quantitative estimate of drug-likeness (QED) is 0.840. The van der Waals surface area contributed by atoms with Gasteiger partial charge in [-0.05, 0) is 38.5 Å². The van der Waals surface area contributed by atoms with Crippen molar-refractivity contribution in [3.05, 3.63) is 41.5 Å². The lowest BCUT2D eigenvalue weighted by molar-refractivity contribution is 0.166. The zero-order valence-electron chi connectivity index (χ0n) is 17.2. The van der Waals surface area contributed by atoms with E-state index >= 15 is 0 Å². The standard InChI is InChI=1S/C22H30N6O/c1-3-27-12-17(15(2)25-27)13-28-18-6-7-21(28)19-10-23-22(24-20(19)9-18)26-8-4-5-16(11-26)14-29/h3,10,12,16,18,21,29H,1,4-9,11,13-14H2,2H3/t16-,18-,21-/m0/s1. The molecule has 7 nitrogen and oxygen atoms in total. The molecule has 0 amide bonds. The van der Waals surface area contributed by atoms with Crippen molar-refractivity contribution in [2.24, 2.45) is 5.92 Å². The minimum Gasteiger partial charge on any atom is -0.396 e. The molecule has 2 bridgehead atoms. The topological polar surface area (TPSA) is 70.3 Å². The molecule has 154 valence electrons. The van der Waals surface area contributed by atoms with E-state index in [0.29, 0.717) is 18.0 Å².